The molecule has 0 radical (unpaired) electrons. The summed E-state index contributed by atoms with van der Waals surface area (Å²) in [4.78, 5) is 40.0. The van der Waals surface area contributed by atoms with Gasteiger partial charge in [-0.2, -0.15) is 0 Å². The second-order valence-electron chi connectivity index (χ2n) is 11.4. The van der Waals surface area contributed by atoms with Gasteiger partial charge in [-0.3, -0.25) is 14.9 Å². The van der Waals surface area contributed by atoms with E-state index in [0.29, 0.717) is 28.4 Å². The lowest BCUT2D eigenvalue weighted by Gasteiger charge is -2.38. The Balaban J connectivity index is 1.69. The number of urea groups is 1. The number of carbonyl (C=O) groups excluding carboxylic acids is 2. The van der Waals surface area contributed by atoms with E-state index in [1.807, 2.05) is 20.8 Å². The van der Waals surface area contributed by atoms with Crippen LogP contribution in [0, 0.1) is 27.3 Å². The number of amides is 3. The molecule has 5 rings (SSSR count). The van der Waals surface area contributed by atoms with Crippen molar-refractivity contribution in [2.45, 2.75) is 38.6 Å². The first kappa shape index (κ1) is 27.9. The van der Waals surface area contributed by atoms with E-state index in [1.165, 1.54) is 35.2 Å². The van der Waals surface area contributed by atoms with E-state index < -0.39 is 34.1 Å². The Morgan fingerprint density at radius 2 is 1.88 bits per heavy atom. The van der Waals surface area contributed by atoms with Crippen molar-refractivity contribution < 1.29 is 18.9 Å². The number of fused-ring (bicyclic) bond motifs is 2. The summed E-state index contributed by atoms with van der Waals surface area (Å²) in [6.07, 6.45) is 0.544. The number of nitrogens with one attached hydrogen (secondary N) is 2. The lowest BCUT2D eigenvalue weighted by molar-refractivity contribution is -0.384. The molecule has 1 fully saturated rings. The van der Waals surface area contributed by atoms with Crippen molar-refractivity contribution in [1.82, 2.24) is 4.90 Å². The minimum absolute atomic E-state index is 0.112. The molecule has 1 spiro atoms. The Hall–Kier alpha value is -3.69. The molecule has 8 nitrogen and oxygen atoms in total. The molecule has 0 bridgehead atoms. The van der Waals surface area contributed by atoms with Gasteiger partial charge in [0.05, 0.1) is 16.0 Å². The van der Waals surface area contributed by atoms with Gasteiger partial charge >= 0.3 is 6.03 Å². The molecule has 3 aromatic carbocycles. The minimum atomic E-state index is -1.34. The molecule has 2 N–H and O–H groups in total. The van der Waals surface area contributed by atoms with Gasteiger partial charge in [0.1, 0.15) is 11.2 Å². The van der Waals surface area contributed by atoms with E-state index in [0.717, 1.165) is 0 Å². The van der Waals surface area contributed by atoms with Crippen molar-refractivity contribution in [3.05, 3.63) is 97.8 Å². The van der Waals surface area contributed by atoms with Crippen molar-refractivity contribution >= 4 is 52.2 Å². The van der Waals surface area contributed by atoms with Gasteiger partial charge in [0, 0.05) is 40.6 Å². The SMILES string of the molecule is CC(C)(C)CC1CN(C(=O)Nc2ccc([N+](=O)[O-])cc2)C(c2cccc(Cl)c2F)C12C(=O)Nc1cc(Cl)ccc12. The molecule has 1 saturated heterocycles. The molecule has 11 heteroatoms. The van der Waals surface area contributed by atoms with E-state index in [4.69, 9.17) is 23.2 Å². The van der Waals surface area contributed by atoms with Crippen LogP contribution in [0.2, 0.25) is 10.0 Å². The third kappa shape index (κ3) is 4.67. The van der Waals surface area contributed by atoms with Gasteiger partial charge in [-0.05, 0) is 53.6 Å². The molecule has 3 atom stereocenters. The van der Waals surface area contributed by atoms with Crippen LogP contribution in [0.25, 0.3) is 0 Å². The number of nitro benzene ring substituents is 1. The topological polar surface area (TPSA) is 105 Å². The molecule has 3 aromatic rings. The van der Waals surface area contributed by atoms with Crippen LogP contribution >= 0.6 is 23.2 Å². The van der Waals surface area contributed by atoms with E-state index in [2.05, 4.69) is 10.6 Å². The smallest absolute Gasteiger partial charge is 0.322 e. The molecule has 2 heterocycles. The van der Waals surface area contributed by atoms with E-state index in [-0.39, 0.29) is 34.1 Å². The zero-order valence-electron chi connectivity index (χ0n) is 22.0. The Bertz CT molecular complexity index is 1530. The van der Waals surface area contributed by atoms with Crippen LogP contribution in [0.4, 0.5) is 26.2 Å². The Morgan fingerprint density at radius 1 is 1.18 bits per heavy atom. The van der Waals surface area contributed by atoms with Gasteiger partial charge in [0.25, 0.3) is 5.69 Å². The maximum Gasteiger partial charge on any atom is 0.322 e. The predicted molar refractivity (Wildman–Crippen MR) is 152 cm³/mol. The summed E-state index contributed by atoms with van der Waals surface area (Å²) in [6.45, 7) is 6.28. The van der Waals surface area contributed by atoms with E-state index >= 15 is 4.39 Å². The zero-order chi connectivity index (χ0) is 29.0. The van der Waals surface area contributed by atoms with Crippen LogP contribution < -0.4 is 10.6 Å². The number of rotatable bonds is 4. The van der Waals surface area contributed by atoms with Crippen LogP contribution in [0.15, 0.2) is 60.7 Å². The third-order valence-electron chi connectivity index (χ3n) is 7.58. The van der Waals surface area contributed by atoms with Crippen LogP contribution in [-0.2, 0) is 10.2 Å². The van der Waals surface area contributed by atoms with Gasteiger partial charge in [-0.25, -0.2) is 9.18 Å². The Labute approximate surface area is 240 Å². The molecular weight excluding hydrogens is 558 g/mol. The number of hydrogen-bond acceptors (Lipinski definition) is 4. The quantitative estimate of drug-likeness (QED) is 0.243. The van der Waals surface area contributed by atoms with Gasteiger partial charge in [-0.15, -0.1) is 0 Å². The second-order valence-corrected chi connectivity index (χ2v) is 12.3. The molecule has 0 saturated carbocycles. The number of likely N-dealkylation sites (tertiary alicyclic amines) is 1. The summed E-state index contributed by atoms with van der Waals surface area (Å²) in [5.41, 5.74) is -0.133. The number of halogens is 3. The van der Waals surface area contributed by atoms with Crippen LogP contribution in [0.1, 0.15) is 44.4 Å². The maximum absolute atomic E-state index is 15.8. The molecule has 2 aliphatic heterocycles. The lowest BCUT2D eigenvalue weighted by Crippen LogP contribution is -2.47. The van der Waals surface area contributed by atoms with Gasteiger partial charge < -0.3 is 15.5 Å². The first-order valence-corrected chi connectivity index (χ1v) is 13.5. The fourth-order valence-electron chi connectivity index (χ4n) is 6.13. The molecule has 208 valence electrons. The van der Waals surface area contributed by atoms with Crippen molar-refractivity contribution in [3.8, 4) is 0 Å². The fraction of sp³-hybridized carbons (Fsp3) is 0.310. The highest BCUT2D eigenvalue weighted by molar-refractivity contribution is 6.31. The average molecular weight is 585 g/mol. The molecule has 2 aliphatic rings. The normalized spacial score (nSPS) is 21.9. The number of non-ortho nitro benzene ring substituents is 1. The van der Waals surface area contributed by atoms with Gasteiger partial charge in [0.2, 0.25) is 5.91 Å². The van der Waals surface area contributed by atoms with Crippen LogP contribution in [0.3, 0.4) is 0 Å². The monoisotopic (exact) mass is 584 g/mol. The fourth-order valence-corrected chi connectivity index (χ4v) is 6.49. The van der Waals surface area contributed by atoms with E-state index in [9.17, 15) is 19.7 Å². The molecule has 3 amide bonds. The van der Waals surface area contributed by atoms with Crippen molar-refractivity contribution in [1.29, 1.82) is 0 Å². The number of benzene rings is 3. The largest absolute Gasteiger partial charge is 0.325 e. The number of nitro groups is 1. The first-order chi connectivity index (χ1) is 18.8. The number of anilines is 2. The minimum Gasteiger partial charge on any atom is -0.325 e. The summed E-state index contributed by atoms with van der Waals surface area (Å²) in [6, 6.07) is 13.4. The molecular formula is C29H27Cl2FN4O4. The van der Waals surface area contributed by atoms with Gasteiger partial charge in [-0.1, -0.05) is 62.2 Å². The highest BCUT2D eigenvalue weighted by atomic mass is 35.5. The third-order valence-corrected chi connectivity index (χ3v) is 8.11. The predicted octanol–water partition coefficient (Wildman–Crippen LogP) is 7.57. The average Bonchev–Trinajstić information content (AvgIpc) is 3.35. The lowest BCUT2D eigenvalue weighted by atomic mass is 9.63. The highest BCUT2D eigenvalue weighted by Gasteiger charge is 2.65. The summed E-state index contributed by atoms with van der Waals surface area (Å²) < 4.78 is 15.8. The van der Waals surface area contributed by atoms with E-state index in [1.54, 1.807) is 30.3 Å². The molecule has 3 unspecified atom stereocenters. The standard InChI is InChI=1S/C29H27Cl2FN4O4/c1-28(2,3)14-16-15-35(27(38)33-18-8-10-19(11-9-18)36(39)40)25(20-5-4-6-22(31)24(20)32)29(16)21-12-7-17(30)13-23(21)34-26(29)37/h4-13,16,25H,14-15H2,1-3H3,(H,33,38)(H,34,37). The highest BCUT2D eigenvalue weighted by Crippen LogP contribution is 2.60. The van der Waals surface area contributed by atoms with Crippen LogP contribution in [0.5, 0.6) is 0 Å². The maximum atomic E-state index is 15.8. The number of hydrogen-bond donors (Lipinski definition) is 2. The molecule has 40 heavy (non-hydrogen) atoms. The Kier molecular flexibility index (Phi) is 7.00. The van der Waals surface area contributed by atoms with Crippen molar-refractivity contribution in [2.75, 3.05) is 17.2 Å². The first-order valence-electron chi connectivity index (χ1n) is 12.7. The van der Waals surface area contributed by atoms with Crippen molar-refractivity contribution in [2.24, 2.45) is 11.3 Å². The number of carbonyl (C=O) groups is 2. The van der Waals surface area contributed by atoms with Gasteiger partial charge in [0.15, 0.2) is 0 Å². The summed E-state index contributed by atoms with van der Waals surface area (Å²) >= 11 is 12.5. The second kappa shape index (κ2) is 10.1. The summed E-state index contributed by atoms with van der Waals surface area (Å²) in [5, 5.41) is 17.1. The zero-order valence-corrected chi connectivity index (χ0v) is 23.5. The molecule has 0 aromatic heterocycles. The summed E-state index contributed by atoms with van der Waals surface area (Å²) in [7, 11) is 0. The summed E-state index contributed by atoms with van der Waals surface area (Å²) in [5.74, 6) is -1.47. The molecule has 0 aliphatic carbocycles. The Morgan fingerprint density at radius 3 is 2.52 bits per heavy atom. The van der Waals surface area contributed by atoms with Crippen molar-refractivity contribution in [3.63, 3.8) is 0 Å². The van der Waals surface area contributed by atoms with Crippen LogP contribution in [-0.4, -0.2) is 28.3 Å². The number of nitrogens with zero attached hydrogens (tertiary/aromatic N) is 2.